The van der Waals surface area contributed by atoms with Crippen molar-refractivity contribution in [1.82, 2.24) is 20.4 Å². The van der Waals surface area contributed by atoms with E-state index in [4.69, 9.17) is 4.99 Å². The van der Waals surface area contributed by atoms with Gasteiger partial charge in [-0.3, -0.25) is 4.99 Å². The number of benzene rings is 1. The summed E-state index contributed by atoms with van der Waals surface area (Å²) in [5.41, 5.74) is 1.36. The fourth-order valence-electron chi connectivity index (χ4n) is 3.60. The van der Waals surface area contributed by atoms with Crippen LogP contribution in [-0.2, 0) is 5.41 Å². The first-order chi connectivity index (χ1) is 13.5. The van der Waals surface area contributed by atoms with Gasteiger partial charge in [0.05, 0.1) is 6.54 Å². The minimum absolute atomic E-state index is 0. The highest BCUT2D eigenvalue weighted by molar-refractivity contribution is 14.0. The number of likely N-dealkylation sites (N-methyl/N-ethyl adjacent to an activating group) is 1. The highest BCUT2D eigenvalue weighted by Gasteiger charge is 2.20. The van der Waals surface area contributed by atoms with Gasteiger partial charge in [-0.2, -0.15) is 0 Å². The van der Waals surface area contributed by atoms with Crippen LogP contribution in [-0.4, -0.2) is 74.7 Å². The second-order valence-corrected chi connectivity index (χ2v) is 8.35. The molecule has 166 valence electrons. The molecule has 1 saturated heterocycles. The molecule has 0 radical (unpaired) electrons. The number of aliphatic imine (C=N–C) groups is 1. The lowest BCUT2D eigenvalue weighted by atomic mass is 9.85. The van der Waals surface area contributed by atoms with E-state index in [0.717, 1.165) is 25.6 Å². The van der Waals surface area contributed by atoms with Gasteiger partial charge in [-0.05, 0) is 38.4 Å². The molecule has 2 rings (SSSR count). The zero-order chi connectivity index (χ0) is 20.2. The second-order valence-electron chi connectivity index (χ2n) is 8.35. The van der Waals surface area contributed by atoms with Crippen molar-refractivity contribution in [1.29, 1.82) is 0 Å². The van der Waals surface area contributed by atoms with E-state index in [1.807, 2.05) is 0 Å². The van der Waals surface area contributed by atoms with Crippen LogP contribution in [0.3, 0.4) is 0 Å². The Balaban J connectivity index is 0.00000420. The Morgan fingerprint density at radius 3 is 2.24 bits per heavy atom. The largest absolute Gasteiger partial charge is 0.357 e. The van der Waals surface area contributed by atoms with Crippen LogP contribution in [0, 0.1) is 0 Å². The Labute approximate surface area is 195 Å². The lowest BCUT2D eigenvalue weighted by Gasteiger charge is -2.34. The van der Waals surface area contributed by atoms with Crippen LogP contribution in [0.5, 0.6) is 0 Å². The van der Waals surface area contributed by atoms with E-state index in [1.54, 1.807) is 0 Å². The van der Waals surface area contributed by atoms with Gasteiger partial charge >= 0.3 is 0 Å². The third-order valence-corrected chi connectivity index (χ3v) is 5.64. The summed E-state index contributed by atoms with van der Waals surface area (Å²) in [6.07, 6.45) is 2.43. The maximum atomic E-state index is 4.85. The van der Waals surface area contributed by atoms with Crippen LogP contribution < -0.4 is 10.6 Å². The number of rotatable bonds is 10. The molecule has 1 heterocycles. The average Bonchev–Trinajstić information content (AvgIpc) is 2.73. The predicted octanol–water partition coefficient (Wildman–Crippen LogP) is 3.56. The van der Waals surface area contributed by atoms with Gasteiger partial charge in [-0.15, -0.1) is 24.0 Å². The van der Waals surface area contributed by atoms with Gasteiger partial charge in [-0.25, -0.2) is 0 Å². The number of hydrogen-bond donors (Lipinski definition) is 2. The minimum atomic E-state index is 0. The Morgan fingerprint density at radius 2 is 1.62 bits per heavy atom. The van der Waals surface area contributed by atoms with Gasteiger partial charge in [0.2, 0.25) is 0 Å². The summed E-state index contributed by atoms with van der Waals surface area (Å²) in [6, 6.07) is 10.7. The number of nitrogens with zero attached hydrogens (tertiary/aromatic N) is 3. The monoisotopic (exact) mass is 515 g/mol. The molecule has 0 aliphatic carbocycles. The maximum Gasteiger partial charge on any atom is 0.191 e. The third kappa shape index (κ3) is 9.66. The smallest absolute Gasteiger partial charge is 0.191 e. The summed E-state index contributed by atoms with van der Waals surface area (Å²) in [6.45, 7) is 18.8. The van der Waals surface area contributed by atoms with Crippen LogP contribution in [0.25, 0.3) is 0 Å². The van der Waals surface area contributed by atoms with Crippen LogP contribution in [0.4, 0.5) is 0 Å². The molecule has 0 aromatic heterocycles. The van der Waals surface area contributed by atoms with Crippen molar-refractivity contribution in [2.45, 2.75) is 46.0 Å². The van der Waals surface area contributed by atoms with Crippen LogP contribution >= 0.6 is 24.0 Å². The summed E-state index contributed by atoms with van der Waals surface area (Å²) in [7, 11) is 0. The van der Waals surface area contributed by atoms with Crippen molar-refractivity contribution in [3.8, 4) is 0 Å². The highest BCUT2D eigenvalue weighted by Crippen LogP contribution is 2.22. The number of halogens is 1. The van der Waals surface area contributed by atoms with Gasteiger partial charge < -0.3 is 20.4 Å². The van der Waals surface area contributed by atoms with E-state index < -0.39 is 0 Å². The molecular formula is C23H42IN5. The summed E-state index contributed by atoms with van der Waals surface area (Å²) < 4.78 is 0. The van der Waals surface area contributed by atoms with Crippen molar-refractivity contribution < 1.29 is 0 Å². The van der Waals surface area contributed by atoms with E-state index in [2.05, 4.69) is 78.5 Å². The molecule has 0 spiro atoms. The number of unbranched alkanes of at least 4 members (excludes halogenated alkanes) is 1. The molecule has 0 amide bonds. The van der Waals surface area contributed by atoms with Crippen molar-refractivity contribution in [3.05, 3.63) is 35.9 Å². The van der Waals surface area contributed by atoms with E-state index in [9.17, 15) is 0 Å². The molecular weight excluding hydrogens is 473 g/mol. The molecule has 1 fully saturated rings. The van der Waals surface area contributed by atoms with E-state index in [0.29, 0.717) is 0 Å². The lowest BCUT2D eigenvalue weighted by molar-refractivity contribution is 0.136. The molecule has 29 heavy (non-hydrogen) atoms. The highest BCUT2D eigenvalue weighted by atomic mass is 127. The predicted molar refractivity (Wildman–Crippen MR) is 137 cm³/mol. The lowest BCUT2D eigenvalue weighted by Crippen LogP contribution is -2.46. The van der Waals surface area contributed by atoms with Crippen LogP contribution in [0.2, 0.25) is 0 Å². The first-order valence-corrected chi connectivity index (χ1v) is 11.1. The van der Waals surface area contributed by atoms with Crippen LogP contribution in [0.1, 0.15) is 46.1 Å². The Bertz CT molecular complexity index is 568. The first kappa shape index (κ1) is 26.2. The van der Waals surface area contributed by atoms with Gasteiger partial charge in [0.15, 0.2) is 5.96 Å². The van der Waals surface area contributed by atoms with Crippen molar-refractivity contribution >= 4 is 29.9 Å². The molecule has 1 aromatic carbocycles. The zero-order valence-electron chi connectivity index (χ0n) is 18.9. The number of piperazine rings is 1. The first-order valence-electron chi connectivity index (χ1n) is 11.1. The number of nitrogens with one attached hydrogen (secondary N) is 2. The molecule has 1 aromatic rings. The summed E-state index contributed by atoms with van der Waals surface area (Å²) in [4.78, 5) is 9.99. The topological polar surface area (TPSA) is 42.9 Å². The van der Waals surface area contributed by atoms with Gasteiger partial charge in [-0.1, -0.05) is 51.1 Å². The molecule has 0 bridgehead atoms. The third-order valence-electron chi connectivity index (χ3n) is 5.64. The Hall–Kier alpha value is -0.860. The van der Waals surface area contributed by atoms with E-state index in [1.165, 1.54) is 57.7 Å². The summed E-state index contributed by atoms with van der Waals surface area (Å²) in [5.74, 6) is 0.933. The molecule has 5 nitrogen and oxygen atoms in total. The van der Waals surface area contributed by atoms with E-state index in [-0.39, 0.29) is 29.4 Å². The quantitative estimate of drug-likeness (QED) is 0.217. The summed E-state index contributed by atoms with van der Waals surface area (Å²) >= 11 is 0. The van der Waals surface area contributed by atoms with E-state index >= 15 is 0 Å². The fourth-order valence-corrected chi connectivity index (χ4v) is 3.60. The molecule has 0 atom stereocenters. The normalized spacial score (nSPS) is 16.3. The average molecular weight is 516 g/mol. The maximum absolute atomic E-state index is 4.85. The molecule has 1 aliphatic rings. The molecule has 0 saturated carbocycles. The van der Waals surface area contributed by atoms with Gasteiger partial charge in [0, 0.05) is 44.7 Å². The molecule has 6 heteroatoms. The van der Waals surface area contributed by atoms with Gasteiger partial charge in [0.25, 0.3) is 0 Å². The SMILES string of the molecule is CCNC(=NCC(C)(C)c1ccccc1)NCCCCN1CCN(CC)CC1.I. The number of guanidine groups is 1. The van der Waals surface area contributed by atoms with Crippen molar-refractivity contribution in [3.63, 3.8) is 0 Å². The zero-order valence-corrected chi connectivity index (χ0v) is 21.2. The summed E-state index contributed by atoms with van der Waals surface area (Å²) in [5, 5.41) is 6.89. The molecule has 2 N–H and O–H groups in total. The Morgan fingerprint density at radius 1 is 0.966 bits per heavy atom. The fraction of sp³-hybridized carbons (Fsp3) is 0.696. The van der Waals surface area contributed by atoms with Crippen LogP contribution in [0.15, 0.2) is 35.3 Å². The van der Waals surface area contributed by atoms with Gasteiger partial charge in [0.1, 0.15) is 0 Å². The second kappa shape index (κ2) is 14.2. The van der Waals surface area contributed by atoms with Crippen molar-refractivity contribution in [2.75, 3.05) is 58.9 Å². The van der Waals surface area contributed by atoms with Crippen molar-refractivity contribution in [2.24, 2.45) is 4.99 Å². The standard InChI is InChI=1S/C23H41N5.HI/c1-5-24-22(26-20-23(3,4)21-12-8-7-9-13-21)25-14-10-11-15-28-18-16-27(6-2)17-19-28;/h7-9,12-13H,5-6,10-11,14-20H2,1-4H3,(H2,24,25,26);1H. The molecule has 0 unspecified atom stereocenters. The molecule has 1 aliphatic heterocycles. The Kier molecular flexibility index (Phi) is 12.8. The number of hydrogen-bond acceptors (Lipinski definition) is 3. The minimum Gasteiger partial charge on any atom is -0.357 e.